The van der Waals surface area contributed by atoms with Gasteiger partial charge in [0, 0.05) is 37.5 Å². The van der Waals surface area contributed by atoms with E-state index >= 15 is 0 Å². The van der Waals surface area contributed by atoms with Crippen LogP contribution >= 0.6 is 0 Å². The molecule has 3 heterocycles. The summed E-state index contributed by atoms with van der Waals surface area (Å²) in [5.74, 6) is -1.70. The highest BCUT2D eigenvalue weighted by Gasteiger charge is 2.38. The van der Waals surface area contributed by atoms with E-state index in [1.807, 2.05) is 13.8 Å². The lowest BCUT2D eigenvalue weighted by molar-refractivity contribution is -0.158. The first-order valence-electron chi connectivity index (χ1n) is 13.4. The van der Waals surface area contributed by atoms with Gasteiger partial charge in [0.1, 0.15) is 29.4 Å². The van der Waals surface area contributed by atoms with E-state index in [4.69, 9.17) is 10.5 Å². The van der Waals surface area contributed by atoms with Crippen molar-refractivity contribution in [1.29, 1.82) is 0 Å². The number of aliphatic hydroxyl groups is 1. The van der Waals surface area contributed by atoms with E-state index in [2.05, 4.69) is 15.3 Å². The van der Waals surface area contributed by atoms with E-state index in [-0.39, 0.29) is 55.2 Å². The van der Waals surface area contributed by atoms with Crippen molar-refractivity contribution in [2.75, 3.05) is 19.6 Å². The number of hydrogen-bond donors (Lipinski definition) is 4. The van der Waals surface area contributed by atoms with Gasteiger partial charge in [-0.05, 0) is 32.4 Å². The predicted molar refractivity (Wildman–Crippen MR) is 144 cm³/mol. The molecule has 3 rings (SSSR count). The number of ketones is 1. The van der Waals surface area contributed by atoms with Gasteiger partial charge in [0.2, 0.25) is 5.91 Å². The molecule has 2 bridgehead atoms. The number of carbonyl (C=O) groups excluding carboxylic acids is 4. The number of aromatic amines is 1. The number of ether oxygens (including phenoxy) is 1. The molecule has 1 aromatic heterocycles. The molecule has 2 aliphatic heterocycles. The van der Waals surface area contributed by atoms with Crippen molar-refractivity contribution in [3.63, 3.8) is 0 Å². The molecule has 0 aromatic carbocycles. The standard InChI is InChI=1S/C28H39N5O6/c1-17-6-4-10-30-25(36)9-8-18(2)26(19(3)15-29)39-28(38)23-7-5-11-33(23)27(37)22-16-31-24(32-22)14-21(35)13-20(34)12-17/h4,6,8-9,12,16,18-20,23,26,34H,5,7,10-11,13-15,29H2,1-3H3,(H,30,36)(H,31,32)/b6-4+,9-8+,17-12+/t18-,19-,20-,23-,26+/m1/s1. The Morgan fingerprint density at radius 1 is 1.26 bits per heavy atom. The Morgan fingerprint density at radius 2 is 2.03 bits per heavy atom. The van der Waals surface area contributed by atoms with Crippen LogP contribution in [0.1, 0.15) is 56.3 Å². The molecule has 1 saturated heterocycles. The highest BCUT2D eigenvalue weighted by atomic mass is 16.5. The van der Waals surface area contributed by atoms with Gasteiger partial charge in [-0.3, -0.25) is 14.4 Å². The summed E-state index contributed by atoms with van der Waals surface area (Å²) in [6.07, 6.45) is 8.86. The van der Waals surface area contributed by atoms with Crippen molar-refractivity contribution in [2.24, 2.45) is 17.6 Å². The minimum Gasteiger partial charge on any atom is -0.460 e. The second-order valence-corrected chi connectivity index (χ2v) is 10.3. The Hall–Kier alpha value is -3.57. The summed E-state index contributed by atoms with van der Waals surface area (Å²) >= 11 is 0. The van der Waals surface area contributed by atoms with Crippen molar-refractivity contribution in [3.05, 3.63) is 53.7 Å². The van der Waals surface area contributed by atoms with Crippen LogP contribution < -0.4 is 11.1 Å². The van der Waals surface area contributed by atoms with Crippen LogP contribution in [0.25, 0.3) is 0 Å². The second kappa shape index (κ2) is 14.0. The normalized spacial score (nSPS) is 30.0. The molecular formula is C28H39N5O6. The summed E-state index contributed by atoms with van der Waals surface area (Å²) in [6.45, 7) is 6.41. The van der Waals surface area contributed by atoms with Crippen LogP contribution in [-0.2, 0) is 25.5 Å². The molecule has 5 N–H and O–H groups in total. The van der Waals surface area contributed by atoms with E-state index in [0.29, 0.717) is 25.2 Å². The molecule has 5 atom stereocenters. The van der Waals surface area contributed by atoms with Gasteiger partial charge < -0.3 is 30.8 Å². The van der Waals surface area contributed by atoms with Crippen LogP contribution in [0.15, 0.2) is 42.2 Å². The van der Waals surface area contributed by atoms with Gasteiger partial charge in [-0.1, -0.05) is 43.7 Å². The predicted octanol–water partition coefficient (Wildman–Crippen LogP) is 1.21. The quantitative estimate of drug-likeness (QED) is 0.405. The van der Waals surface area contributed by atoms with Crippen LogP contribution in [0.3, 0.4) is 0 Å². The fourth-order valence-electron chi connectivity index (χ4n) is 4.77. The summed E-state index contributed by atoms with van der Waals surface area (Å²) in [6, 6.07) is -0.773. The number of carbonyl (C=O) groups is 4. The number of Topliss-reactive ketones (excluding diaryl/α,β-unsaturated/α-hetero) is 1. The maximum absolute atomic E-state index is 13.3. The number of fused-ring (bicyclic) bond motifs is 3. The van der Waals surface area contributed by atoms with Crippen molar-refractivity contribution in [1.82, 2.24) is 20.2 Å². The third kappa shape index (κ3) is 8.46. The number of aromatic nitrogens is 2. The Bertz CT molecular complexity index is 1140. The Kier molecular flexibility index (Phi) is 10.8. The number of nitrogens with zero attached hydrogens (tertiary/aromatic N) is 2. The van der Waals surface area contributed by atoms with Gasteiger partial charge in [-0.15, -0.1) is 0 Å². The monoisotopic (exact) mass is 541 g/mol. The van der Waals surface area contributed by atoms with Crippen LogP contribution in [-0.4, -0.2) is 81.4 Å². The largest absolute Gasteiger partial charge is 0.460 e. The van der Waals surface area contributed by atoms with Crippen LogP contribution in [0.4, 0.5) is 0 Å². The molecule has 2 amide bonds. The number of amides is 2. The molecule has 0 saturated carbocycles. The highest BCUT2D eigenvalue weighted by molar-refractivity contribution is 5.95. The molecule has 0 unspecified atom stereocenters. The van der Waals surface area contributed by atoms with Crippen LogP contribution in [0, 0.1) is 11.8 Å². The van der Waals surface area contributed by atoms with Gasteiger partial charge in [0.15, 0.2) is 0 Å². The molecule has 2 aliphatic rings. The number of allylic oxidation sites excluding steroid dienone is 2. The zero-order chi connectivity index (χ0) is 28.5. The first kappa shape index (κ1) is 30.0. The molecule has 0 radical (unpaired) electrons. The number of nitrogens with two attached hydrogens (primary N) is 1. The lowest BCUT2D eigenvalue weighted by atomic mass is 9.92. The fraction of sp³-hybridized carbons (Fsp3) is 0.536. The number of rotatable bonds is 2. The van der Waals surface area contributed by atoms with Crippen molar-refractivity contribution in [2.45, 2.75) is 64.7 Å². The molecule has 11 heteroatoms. The zero-order valence-corrected chi connectivity index (χ0v) is 22.8. The smallest absolute Gasteiger partial charge is 0.329 e. The lowest BCUT2D eigenvalue weighted by Crippen LogP contribution is -2.45. The van der Waals surface area contributed by atoms with E-state index in [1.165, 1.54) is 17.2 Å². The summed E-state index contributed by atoms with van der Waals surface area (Å²) in [4.78, 5) is 59.9. The molecule has 1 fully saturated rings. The first-order valence-corrected chi connectivity index (χ1v) is 13.4. The average molecular weight is 542 g/mol. The Balaban J connectivity index is 1.87. The number of imidazole rings is 1. The van der Waals surface area contributed by atoms with Gasteiger partial charge >= 0.3 is 5.97 Å². The lowest BCUT2D eigenvalue weighted by Gasteiger charge is -2.30. The number of nitrogens with one attached hydrogen (secondary N) is 2. The van der Waals surface area contributed by atoms with E-state index < -0.39 is 30.1 Å². The molecule has 212 valence electrons. The molecule has 39 heavy (non-hydrogen) atoms. The van der Waals surface area contributed by atoms with Crippen molar-refractivity contribution < 1.29 is 29.0 Å². The van der Waals surface area contributed by atoms with Gasteiger partial charge in [-0.25, -0.2) is 9.78 Å². The topological polar surface area (TPSA) is 168 Å². The minimum absolute atomic E-state index is 0.0753. The summed E-state index contributed by atoms with van der Waals surface area (Å²) in [5, 5.41) is 13.0. The second-order valence-electron chi connectivity index (χ2n) is 10.3. The minimum atomic E-state index is -0.987. The zero-order valence-electron chi connectivity index (χ0n) is 22.8. The maximum Gasteiger partial charge on any atom is 0.329 e. The van der Waals surface area contributed by atoms with Crippen LogP contribution in [0.2, 0.25) is 0 Å². The summed E-state index contributed by atoms with van der Waals surface area (Å²) in [5.41, 5.74) is 6.73. The number of aliphatic hydroxyl groups excluding tert-OH is 1. The number of H-pyrrole nitrogens is 1. The molecule has 11 nitrogen and oxygen atoms in total. The molecular weight excluding hydrogens is 502 g/mol. The number of esters is 1. The van der Waals surface area contributed by atoms with Crippen molar-refractivity contribution in [3.8, 4) is 0 Å². The molecule has 1 aromatic rings. The van der Waals surface area contributed by atoms with E-state index in [0.717, 1.165) is 5.57 Å². The van der Waals surface area contributed by atoms with Gasteiger partial charge in [0.25, 0.3) is 5.91 Å². The number of cyclic esters (lactones) is 1. The van der Waals surface area contributed by atoms with Gasteiger partial charge in [0.05, 0.1) is 12.5 Å². The highest BCUT2D eigenvalue weighted by Crippen LogP contribution is 2.25. The molecule has 0 spiro atoms. The Morgan fingerprint density at radius 3 is 2.77 bits per heavy atom. The van der Waals surface area contributed by atoms with E-state index in [9.17, 15) is 24.3 Å². The number of hydrogen-bond acceptors (Lipinski definition) is 8. The third-order valence-electron chi connectivity index (χ3n) is 6.92. The summed E-state index contributed by atoms with van der Waals surface area (Å²) < 4.78 is 5.90. The van der Waals surface area contributed by atoms with Crippen molar-refractivity contribution >= 4 is 23.6 Å². The third-order valence-corrected chi connectivity index (χ3v) is 6.92. The van der Waals surface area contributed by atoms with E-state index in [1.54, 1.807) is 31.2 Å². The molecule has 0 aliphatic carbocycles. The average Bonchev–Trinajstić information content (AvgIpc) is 3.57. The van der Waals surface area contributed by atoms with Crippen LogP contribution in [0.5, 0.6) is 0 Å². The van der Waals surface area contributed by atoms with Gasteiger partial charge in [-0.2, -0.15) is 0 Å². The SMILES string of the molecule is CC1=C\[C@@H](O)CC(=O)Cc2nc(c[nH]2)C(=O)N2CCC[C@@H]2C(=O)O[C@H]([C@H](C)CN)[C@H](C)/C=C/C(=O)NC\C=C\1. The Labute approximate surface area is 228 Å². The first-order chi connectivity index (χ1) is 18.6. The summed E-state index contributed by atoms with van der Waals surface area (Å²) in [7, 11) is 0. The maximum atomic E-state index is 13.3. The fourth-order valence-corrected chi connectivity index (χ4v) is 4.77.